The number of rotatable bonds is 8. The summed E-state index contributed by atoms with van der Waals surface area (Å²) in [6.45, 7) is 4.61. The summed E-state index contributed by atoms with van der Waals surface area (Å²) in [6.07, 6.45) is 4.48. The van der Waals surface area contributed by atoms with Gasteiger partial charge in [-0.05, 0) is 18.4 Å². The lowest BCUT2D eigenvalue weighted by Crippen LogP contribution is -2.46. The predicted octanol–water partition coefficient (Wildman–Crippen LogP) is 2.46. The van der Waals surface area contributed by atoms with Gasteiger partial charge in [-0.3, -0.25) is 14.3 Å². The van der Waals surface area contributed by atoms with Gasteiger partial charge in [0.2, 0.25) is 0 Å². The lowest BCUT2D eigenvalue weighted by atomic mass is 9.78. The first-order valence-corrected chi connectivity index (χ1v) is 8.13. The summed E-state index contributed by atoms with van der Waals surface area (Å²) in [5, 5.41) is 16.6. The van der Waals surface area contributed by atoms with Gasteiger partial charge in [0.25, 0.3) is 5.91 Å². The van der Waals surface area contributed by atoms with Crippen molar-refractivity contribution >= 4 is 11.9 Å². The number of carbonyl (C=O) groups is 2. The second kappa shape index (κ2) is 7.77. The topological polar surface area (TPSA) is 84.2 Å². The number of nitrogens with one attached hydrogen (secondary N) is 1. The van der Waals surface area contributed by atoms with Gasteiger partial charge < -0.3 is 10.4 Å². The molecule has 1 aromatic carbocycles. The number of carboxylic acids is 1. The molecule has 0 fully saturated rings. The van der Waals surface area contributed by atoms with Crippen LogP contribution in [0.5, 0.6) is 0 Å². The van der Waals surface area contributed by atoms with Crippen LogP contribution >= 0.6 is 0 Å². The van der Waals surface area contributed by atoms with E-state index in [4.69, 9.17) is 0 Å². The summed E-state index contributed by atoms with van der Waals surface area (Å²) in [7, 11) is 0. The zero-order valence-electron chi connectivity index (χ0n) is 14.0. The third-order valence-electron chi connectivity index (χ3n) is 4.24. The van der Waals surface area contributed by atoms with E-state index in [2.05, 4.69) is 10.4 Å². The Morgan fingerprint density at radius 3 is 2.54 bits per heavy atom. The molecule has 1 aromatic heterocycles. The van der Waals surface area contributed by atoms with E-state index in [0.717, 1.165) is 13.0 Å². The summed E-state index contributed by atoms with van der Waals surface area (Å²) >= 11 is 0. The van der Waals surface area contributed by atoms with Gasteiger partial charge in [0.1, 0.15) is 5.41 Å². The van der Waals surface area contributed by atoms with Crippen molar-refractivity contribution in [3.05, 3.63) is 53.9 Å². The predicted molar refractivity (Wildman–Crippen MR) is 90.9 cm³/mol. The van der Waals surface area contributed by atoms with Gasteiger partial charge in [-0.2, -0.15) is 5.10 Å². The molecule has 0 bridgehead atoms. The molecule has 0 saturated carbocycles. The highest BCUT2D eigenvalue weighted by atomic mass is 16.4. The molecule has 0 aliphatic carbocycles. The largest absolute Gasteiger partial charge is 0.481 e. The third kappa shape index (κ3) is 3.64. The van der Waals surface area contributed by atoms with Gasteiger partial charge in [-0.15, -0.1) is 0 Å². The van der Waals surface area contributed by atoms with Crippen LogP contribution in [0.15, 0.2) is 42.7 Å². The fourth-order valence-electron chi connectivity index (χ4n) is 2.70. The summed E-state index contributed by atoms with van der Waals surface area (Å²) < 4.78 is 1.70. The minimum atomic E-state index is -1.14. The molecule has 0 radical (unpaired) electrons. The van der Waals surface area contributed by atoms with E-state index in [1.807, 2.05) is 19.9 Å². The monoisotopic (exact) mass is 329 g/mol. The van der Waals surface area contributed by atoms with Crippen molar-refractivity contribution in [1.29, 1.82) is 0 Å². The van der Waals surface area contributed by atoms with Crippen LogP contribution in [0.25, 0.3) is 0 Å². The molecule has 128 valence electrons. The Balaban J connectivity index is 2.15. The van der Waals surface area contributed by atoms with E-state index in [1.54, 1.807) is 35.1 Å². The smallest absolute Gasteiger partial charge is 0.315 e. The number of aryl methyl sites for hydroxylation is 1. The Hall–Kier alpha value is -2.63. The summed E-state index contributed by atoms with van der Waals surface area (Å²) in [6, 6.07) is 9.01. The molecule has 2 aromatic rings. The number of benzene rings is 1. The van der Waals surface area contributed by atoms with Crippen molar-refractivity contribution in [2.24, 2.45) is 0 Å². The lowest BCUT2D eigenvalue weighted by molar-refractivity contribution is -0.143. The highest BCUT2D eigenvalue weighted by Gasteiger charge is 2.39. The van der Waals surface area contributed by atoms with Crippen LogP contribution in [0.2, 0.25) is 0 Å². The van der Waals surface area contributed by atoms with Crippen molar-refractivity contribution in [1.82, 2.24) is 15.1 Å². The first-order valence-electron chi connectivity index (χ1n) is 8.13. The Morgan fingerprint density at radius 1 is 1.25 bits per heavy atom. The number of hydrogen-bond donors (Lipinski definition) is 2. The minimum Gasteiger partial charge on any atom is -0.481 e. The maximum atomic E-state index is 12.3. The Kier molecular flexibility index (Phi) is 5.73. The Labute approximate surface area is 141 Å². The maximum Gasteiger partial charge on any atom is 0.315 e. The van der Waals surface area contributed by atoms with E-state index in [9.17, 15) is 14.7 Å². The number of aromatic nitrogens is 2. The first kappa shape index (κ1) is 17.7. The van der Waals surface area contributed by atoms with Gasteiger partial charge >= 0.3 is 5.97 Å². The number of carboxylic acid groups (broad SMARTS) is 1. The highest BCUT2D eigenvalue weighted by molar-refractivity contribution is 5.94. The molecule has 2 N–H and O–H groups in total. The number of hydrogen-bond acceptors (Lipinski definition) is 3. The molecule has 6 heteroatoms. The van der Waals surface area contributed by atoms with Crippen LogP contribution in [0, 0.1) is 0 Å². The molecule has 1 amide bonds. The number of amides is 1. The SMILES string of the molecule is CCCn1cc(C(=O)NCC(CC)(C(=O)O)c2ccccc2)cn1. The van der Waals surface area contributed by atoms with Crippen LogP contribution in [0.4, 0.5) is 0 Å². The fraction of sp³-hybridized carbons (Fsp3) is 0.389. The molecule has 24 heavy (non-hydrogen) atoms. The molecule has 2 rings (SSSR count). The van der Waals surface area contributed by atoms with E-state index in [0.29, 0.717) is 17.5 Å². The van der Waals surface area contributed by atoms with Crippen LogP contribution in [0.3, 0.4) is 0 Å². The highest BCUT2D eigenvalue weighted by Crippen LogP contribution is 2.28. The van der Waals surface area contributed by atoms with Gasteiger partial charge in [-0.25, -0.2) is 0 Å². The molecule has 0 saturated heterocycles. The van der Waals surface area contributed by atoms with Gasteiger partial charge in [-0.1, -0.05) is 44.2 Å². The third-order valence-corrected chi connectivity index (χ3v) is 4.24. The second-order valence-electron chi connectivity index (χ2n) is 5.78. The minimum absolute atomic E-state index is 0.0284. The molecule has 1 unspecified atom stereocenters. The van der Waals surface area contributed by atoms with Crippen molar-refractivity contribution in [2.75, 3.05) is 6.54 Å². The summed E-state index contributed by atoms with van der Waals surface area (Å²) in [4.78, 5) is 24.2. The molecule has 0 spiro atoms. The van der Waals surface area contributed by atoms with Crippen molar-refractivity contribution < 1.29 is 14.7 Å². The number of aliphatic carboxylic acids is 1. The Bertz CT molecular complexity index is 697. The van der Waals surface area contributed by atoms with Crippen molar-refractivity contribution in [2.45, 2.75) is 38.6 Å². The Morgan fingerprint density at radius 2 is 1.96 bits per heavy atom. The molecule has 6 nitrogen and oxygen atoms in total. The summed E-state index contributed by atoms with van der Waals surface area (Å²) in [5.74, 6) is -1.26. The molecular weight excluding hydrogens is 306 g/mol. The van der Waals surface area contributed by atoms with Gasteiger partial charge in [0.15, 0.2) is 0 Å². The van der Waals surface area contributed by atoms with Crippen LogP contribution < -0.4 is 5.32 Å². The van der Waals surface area contributed by atoms with E-state index in [1.165, 1.54) is 6.20 Å². The molecule has 1 heterocycles. The number of carbonyl (C=O) groups excluding carboxylic acids is 1. The zero-order valence-corrected chi connectivity index (χ0v) is 14.0. The van der Waals surface area contributed by atoms with Crippen LogP contribution in [-0.4, -0.2) is 33.3 Å². The van der Waals surface area contributed by atoms with Crippen LogP contribution in [0.1, 0.15) is 42.6 Å². The molecule has 0 aliphatic heterocycles. The van der Waals surface area contributed by atoms with Crippen LogP contribution in [-0.2, 0) is 16.8 Å². The maximum absolute atomic E-state index is 12.3. The standard InChI is InChI=1S/C18H23N3O3/c1-3-10-21-12-14(11-20-21)16(22)19-13-18(4-2,17(23)24)15-8-6-5-7-9-15/h5-9,11-12H,3-4,10,13H2,1-2H3,(H,19,22)(H,23,24). The second-order valence-corrected chi connectivity index (χ2v) is 5.78. The van der Waals surface area contributed by atoms with E-state index in [-0.39, 0.29) is 12.5 Å². The normalized spacial score (nSPS) is 13.2. The fourth-order valence-corrected chi connectivity index (χ4v) is 2.70. The average molecular weight is 329 g/mol. The van der Waals surface area contributed by atoms with E-state index < -0.39 is 11.4 Å². The van der Waals surface area contributed by atoms with Crippen molar-refractivity contribution in [3.63, 3.8) is 0 Å². The molecule has 0 aliphatic rings. The average Bonchev–Trinajstić information content (AvgIpc) is 3.05. The molecular formula is C18H23N3O3. The first-order chi connectivity index (χ1) is 11.5. The lowest BCUT2D eigenvalue weighted by Gasteiger charge is -2.29. The number of nitrogens with zero attached hydrogens (tertiary/aromatic N) is 2. The summed E-state index contributed by atoms with van der Waals surface area (Å²) in [5.41, 5.74) is -0.0232. The quantitative estimate of drug-likeness (QED) is 0.779. The van der Waals surface area contributed by atoms with Crippen molar-refractivity contribution in [3.8, 4) is 0 Å². The van der Waals surface area contributed by atoms with E-state index >= 15 is 0 Å². The van der Waals surface area contributed by atoms with Gasteiger partial charge in [0.05, 0.1) is 11.8 Å². The van der Waals surface area contributed by atoms with Gasteiger partial charge in [0, 0.05) is 19.3 Å². The zero-order chi connectivity index (χ0) is 17.6. The molecule has 1 atom stereocenters.